The van der Waals surface area contributed by atoms with Crippen molar-refractivity contribution in [1.82, 2.24) is 20.1 Å². The van der Waals surface area contributed by atoms with Gasteiger partial charge in [-0.3, -0.25) is 0 Å². The Bertz CT molecular complexity index is 395. The number of halogens is 2. The molecule has 0 aromatic carbocycles. The minimum atomic E-state index is 0.104. The Balaban J connectivity index is 1.89. The molecular formula is C11H17Cl2N5. The summed E-state index contributed by atoms with van der Waals surface area (Å²) in [6, 6.07) is 0.244. The molecule has 0 saturated carbocycles. The molecule has 100 valence electrons. The summed E-state index contributed by atoms with van der Waals surface area (Å²) in [6.07, 6.45) is 3.91. The molecule has 1 aliphatic heterocycles. The number of hydrogen-bond donors (Lipinski definition) is 1. The van der Waals surface area contributed by atoms with Crippen LogP contribution in [0.15, 0.2) is 0 Å². The van der Waals surface area contributed by atoms with E-state index in [0.717, 1.165) is 6.54 Å². The van der Waals surface area contributed by atoms with E-state index in [-0.39, 0.29) is 16.5 Å². The van der Waals surface area contributed by atoms with Gasteiger partial charge in [-0.15, -0.1) is 10.2 Å². The van der Waals surface area contributed by atoms with Crippen LogP contribution in [0.3, 0.4) is 0 Å². The Morgan fingerprint density at radius 1 is 1.22 bits per heavy atom. The molecule has 0 radical (unpaired) electrons. The van der Waals surface area contributed by atoms with Crippen LogP contribution in [0.1, 0.15) is 26.2 Å². The smallest absolute Gasteiger partial charge is 0.245 e. The average molecular weight is 290 g/mol. The second-order valence-electron chi connectivity index (χ2n) is 4.63. The molecule has 1 unspecified atom stereocenters. The van der Waals surface area contributed by atoms with E-state index in [9.17, 15) is 0 Å². The van der Waals surface area contributed by atoms with Crippen LogP contribution < -0.4 is 5.32 Å². The predicted octanol–water partition coefficient (Wildman–Crippen LogP) is 2.46. The number of nitrogens with one attached hydrogen (secondary N) is 1. The monoisotopic (exact) mass is 289 g/mol. The molecule has 7 heteroatoms. The lowest BCUT2D eigenvalue weighted by atomic mass is 10.1. The minimum absolute atomic E-state index is 0.104. The first-order valence-corrected chi connectivity index (χ1v) is 6.95. The summed E-state index contributed by atoms with van der Waals surface area (Å²) in [5, 5.41) is 10.9. The fourth-order valence-electron chi connectivity index (χ4n) is 2.19. The Hall–Kier alpha value is -0.650. The molecule has 1 aromatic heterocycles. The van der Waals surface area contributed by atoms with Gasteiger partial charge in [0.2, 0.25) is 5.28 Å². The normalized spacial score (nSPS) is 18.6. The van der Waals surface area contributed by atoms with Gasteiger partial charge in [-0.25, -0.2) is 0 Å². The summed E-state index contributed by atoms with van der Waals surface area (Å²) in [5.41, 5.74) is 0. The van der Waals surface area contributed by atoms with Gasteiger partial charge in [0.15, 0.2) is 11.0 Å². The molecule has 1 aromatic rings. The Morgan fingerprint density at radius 2 is 1.94 bits per heavy atom. The van der Waals surface area contributed by atoms with Gasteiger partial charge in [0.05, 0.1) is 0 Å². The van der Waals surface area contributed by atoms with Crippen LogP contribution in [0, 0.1) is 0 Å². The highest BCUT2D eigenvalue weighted by atomic mass is 35.5. The lowest BCUT2D eigenvalue weighted by molar-refractivity contribution is 0.223. The van der Waals surface area contributed by atoms with Crippen LogP contribution in [-0.2, 0) is 0 Å². The molecule has 18 heavy (non-hydrogen) atoms. The van der Waals surface area contributed by atoms with Crippen molar-refractivity contribution < 1.29 is 0 Å². The lowest BCUT2D eigenvalue weighted by Crippen LogP contribution is -2.38. The lowest BCUT2D eigenvalue weighted by Gasteiger charge is -2.29. The van der Waals surface area contributed by atoms with Crippen molar-refractivity contribution in [2.75, 3.05) is 25.0 Å². The van der Waals surface area contributed by atoms with Gasteiger partial charge in [-0.2, -0.15) is 4.98 Å². The maximum Gasteiger partial charge on any atom is 0.245 e. The van der Waals surface area contributed by atoms with Crippen LogP contribution in [-0.4, -0.2) is 45.8 Å². The van der Waals surface area contributed by atoms with Crippen LogP contribution in [0.2, 0.25) is 10.4 Å². The predicted molar refractivity (Wildman–Crippen MR) is 73.2 cm³/mol. The standard InChI is InChI=1S/C11H17Cl2N5/c1-8(7-18-5-3-2-4-6-18)14-10-9(12)16-17-11(13)15-10/h8H,2-7H2,1H3,(H,14,15,17). The molecular weight excluding hydrogens is 273 g/mol. The van der Waals surface area contributed by atoms with Crippen molar-refractivity contribution in [2.24, 2.45) is 0 Å². The molecule has 1 N–H and O–H groups in total. The Kier molecular flexibility index (Phi) is 4.97. The van der Waals surface area contributed by atoms with Crippen molar-refractivity contribution in [2.45, 2.75) is 32.2 Å². The largest absolute Gasteiger partial charge is 0.364 e. The first-order valence-electron chi connectivity index (χ1n) is 6.20. The van der Waals surface area contributed by atoms with Gasteiger partial charge in [-0.1, -0.05) is 18.0 Å². The number of piperidine rings is 1. The van der Waals surface area contributed by atoms with E-state index in [4.69, 9.17) is 23.2 Å². The summed E-state index contributed by atoms with van der Waals surface area (Å²) < 4.78 is 0. The summed E-state index contributed by atoms with van der Waals surface area (Å²) in [6.45, 7) is 5.41. The van der Waals surface area contributed by atoms with E-state index < -0.39 is 0 Å². The van der Waals surface area contributed by atoms with E-state index in [0.29, 0.717) is 5.82 Å². The molecule has 0 amide bonds. The third kappa shape index (κ3) is 3.93. The number of anilines is 1. The third-order valence-corrected chi connectivity index (χ3v) is 3.40. The maximum atomic E-state index is 5.91. The summed E-state index contributed by atoms with van der Waals surface area (Å²) in [4.78, 5) is 6.49. The van der Waals surface area contributed by atoms with E-state index >= 15 is 0 Å². The number of nitrogens with zero attached hydrogens (tertiary/aromatic N) is 4. The first-order chi connectivity index (χ1) is 8.65. The topological polar surface area (TPSA) is 53.9 Å². The quantitative estimate of drug-likeness (QED) is 0.923. The van der Waals surface area contributed by atoms with Crippen LogP contribution in [0.25, 0.3) is 0 Å². The molecule has 1 aliphatic rings. The second kappa shape index (κ2) is 6.50. The first kappa shape index (κ1) is 13.8. The van der Waals surface area contributed by atoms with Gasteiger partial charge >= 0.3 is 0 Å². The fraction of sp³-hybridized carbons (Fsp3) is 0.727. The highest BCUT2D eigenvalue weighted by molar-refractivity contribution is 6.32. The summed E-state index contributed by atoms with van der Waals surface area (Å²) in [5.74, 6) is 0.501. The van der Waals surface area contributed by atoms with E-state index in [2.05, 4.69) is 32.3 Å². The molecule has 1 atom stereocenters. The van der Waals surface area contributed by atoms with Gasteiger partial charge in [0.1, 0.15) is 0 Å². The zero-order valence-electron chi connectivity index (χ0n) is 10.4. The SMILES string of the molecule is CC(CN1CCCCC1)Nc1nc(Cl)nnc1Cl. The van der Waals surface area contributed by atoms with Crippen molar-refractivity contribution in [3.05, 3.63) is 10.4 Å². The number of aromatic nitrogens is 3. The van der Waals surface area contributed by atoms with Crippen LogP contribution in [0.5, 0.6) is 0 Å². The van der Waals surface area contributed by atoms with Crippen LogP contribution >= 0.6 is 23.2 Å². The molecule has 2 rings (SSSR count). The van der Waals surface area contributed by atoms with Crippen molar-refractivity contribution in [3.8, 4) is 0 Å². The Morgan fingerprint density at radius 3 is 2.67 bits per heavy atom. The molecule has 0 aliphatic carbocycles. The zero-order chi connectivity index (χ0) is 13.0. The minimum Gasteiger partial charge on any atom is -0.364 e. The van der Waals surface area contributed by atoms with Gasteiger partial charge in [0.25, 0.3) is 0 Å². The molecule has 1 fully saturated rings. The zero-order valence-corrected chi connectivity index (χ0v) is 11.9. The van der Waals surface area contributed by atoms with Gasteiger partial charge in [0, 0.05) is 12.6 Å². The second-order valence-corrected chi connectivity index (χ2v) is 5.32. The number of rotatable bonds is 4. The number of likely N-dealkylation sites (tertiary alicyclic amines) is 1. The number of hydrogen-bond acceptors (Lipinski definition) is 5. The summed E-state index contributed by atoms with van der Waals surface area (Å²) >= 11 is 11.6. The molecule has 0 bridgehead atoms. The van der Waals surface area contributed by atoms with Gasteiger partial charge < -0.3 is 10.2 Å². The Labute approximate surface area is 117 Å². The van der Waals surface area contributed by atoms with Crippen LogP contribution in [0.4, 0.5) is 5.82 Å². The molecule has 1 saturated heterocycles. The highest BCUT2D eigenvalue weighted by Gasteiger charge is 2.15. The molecule has 0 spiro atoms. The highest BCUT2D eigenvalue weighted by Crippen LogP contribution is 2.18. The van der Waals surface area contributed by atoms with Crippen molar-refractivity contribution >= 4 is 29.0 Å². The van der Waals surface area contributed by atoms with E-state index in [1.807, 2.05) is 0 Å². The summed E-state index contributed by atoms with van der Waals surface area (Å²) in [7, 11) is 0. The molecule has 5 nitrogen and oxygen atoms in total. The third-order valence-electron chi connectivity index (χ3n) is 2.98. The van der Waals surface area contributed by atoms with E-state index in [1.165, 1.54) is 32.4 Å². The van der Waals surface area contributed by atoms with Gasteiger partial charge in [-0.05, 0) is 44.5 Å². The maximum absolute atomic E-state index is 5.91. The van der Waals surface area contributed by atoms with E-state index in [1.54, 1.807) is 0 Å². The fourth-order valence-corrected chi connectivity index (χ4v) is 2.45. The van der Waals surface area contributed by atoms with Crippen molar-refractivity contribution in [1.29, 1.82) is 0 Å². The average Bonchev–Trinajstić information content (AvgIpc) is 2.35. The van der Waals surface area contributed by atoms with Crippen molar-refractivity contribution in [3.63, 3.8) is 0 Å². The molecule has 2 heterocycles.